The number of amides is 1. The summed E-state index contributed by atoms with van der Waals surface area (Å²) < 4.78 is 23.8. The van der Waals surface area contributed by atoms with Gasteiger partial charge < -0.3 is 10.2 Å². The number of thioether (sulfide) groups is 1. The molecule has 0 spiro atoms. The zero-order valence-corrected chi connectivity index (χ0v) is 18.1. The first-order chi connectivity index (χ1) is 13.7. The first kappa shape index (κ1) is 20.0. The van der Waals surface area contributed by atoms with Crippen LogP contribution in [-0.2, 0) is 14.6 Å². The topological polar surface area (TPSA) is 108 Å². The van der Waals surface area contributed by atoms with Gasteiger partial charge in [0, 0.05) is 22.7 Å². The van der Waals surface area contributed by atoms with Crippen LogP contribution in [-0.4, -0.2) is 59.0 Å². The van der Waals surface area contributed by atoms with Gasteiger partial charge in [-0.05, 0) is 44.0 Å². The summed E-state index contributed by atoms with van der Waals surface area (Å²) in [5, 5.41) is 10.2. The number of hydrogen-bond donors (Lipinski definition) is 2. The van der Waals surface area contributed by atoms with Gasteiger partial charge in [0.25, 0.3) is 0 Å². The van der Waals surface area contributed by atoms with E-state index in [1.54, 1.807) is 6.07 Å². The number of amidine groups is 1. The highest BCUT2D eigenvalue weighted by molar-refractivity contribution is 8.15. The zero-order valence-electron chi connectivity index (χ0n) is 16.5. The zero-order chi connectivity index (χ0) is 20.8. The van der Waals surface area contributed by atoms with E-state index in [-0.39, 0.29) is 35.2 Å². The van der Waals surface area contributed by atoms with Gasteiger partial charge in [-0.15, -0.1) is 0 Å². The SMILES string of the molecule is Cc1cc(C)cc(N(CC(=O)Nc2cc(C)[nH]n2)C2=N[C@H]3CS(=O)(=O)C[C@H]3S2)c1. The lowest BCUT2D eigenvalue weighted by Crippen LogP contribution is -2.36. The predicted molar refractivity (Wildman–Crippen MR) is 116 cm³/mol. The second-order valence-corrected chi connectivity index (χ2v) is 11.0. The van der Waals surface area contributed by atoms with Crippen LogP contribution < -0.4 is 10.2 Å². The van der Waals surface area contributed by atoms with E-state index in [1.807, 2.05) is 37.8 Å². The van der Waals surface area contributed by atoms with Crippen LogP contribution in [0.3, 0.4) is 0 Å². The van der Waals surface area contributed by atoms with E-state index in [2.05, 4.69) is 26.6 Å². The van der Waals surface area contributed by atoms with Crippen molar-refractivity contribution in [2.75, 3.05) is 28.3 Å². The van der Waals surface area contributed by atoms with Crippen molar-refractivity contribution in [2.24, 2.45) is 4.99 Å². The van der Waals surface area contributed by atoms with Crippen molar-refractivity contribution in [2.45, 2.75) is 32.1 Å². The lowest BCUT2D eigenvalue weighted by molar-refractivity contribution is -0.114. The Hall–Kier alpha value is -2.33. The number of anilines is 2. The van der Waals surface area contributed by atoms with Crippen LogP contribution in [0.15, 0.2) is 29.3 Å². The van der Waals surface area contributed by atoms with Crippen LogP contribution in [0.1, 0.15) is 16.8 Å². The van der Waals surface area contributed by atoms with Crippen LogP contribution in [0.5, 0.6) is 0 Å². The number of carbonyl (C=O) groups excluding carboxylic acids is 1. The molecule has 2 aliphatic heterocycles. The van der Waals surface area contributed by atoms with Gasteiger partial charge in [0.1, 0.15) is 6.54 Å². The molecule has 2 aromatic rings. The van der Waals surface area contributed by atoms with E-state index >= 15 is 0 Å². The molecule has 0 aliphatic carbocycles. The Balaban J connectivity index is 1.60. The van der Waals surface area contributed by atoms with Crippen LogP contribution in [0.4, 0.5) is 11.5 Å². The Morgan fingerprint density at radius 3 is 2.55 bits per heavy atom. The number of nitrogens with zero attached hydrogens (tertiary/aromatic N) is 3. The highest BCUT2D eigenvalue weighted by Crippen LogP contribution is 2.37. The number of rotatable bonds is 4. The Morgan fingerprint density at radius 1 is 1.21 bits per heavy atom. The summed E-state index contributed by atoms with van der Waals surface area (Å²) >= 11 is 1.45. The Kier molecular flexibility index (Phi) is 5.16. The van der Waals surface area contributed by atoms with Crippen molar-refractivity contribution < 1.29 is 13.2 Å². The Morgan fingerprint density at radius 2 is 1.93 bits per heavy atom. The molecule has 10 heteroatoms. The molecule has 0 bridgehead atoms. The van der Waals surface area contributed by atoms with Crippen molar-refractivity contribution in [3.8, 4) is 0 Å². The number of fused-ring (bicyclic) bond motifs is 1. The molecular formula is C19H23N5O3S2. The molecule has 4 rings (SSSR count). The van der Waals surface area contributed by atoms with E-state index < -0.39 is 9.84 Å². The normalized spacial score (nSPS) is 22.2. The number of sulfone groups is 1. The van der Waals surface area contributed by atoms with Crippen molar-refractivity contribution in [1.29, 1.82) is 0 Å². The summed E-state index contributed by atoms with van der Waals surface area (Å²) in [4.78, 5) is 19.3. The molecule has 2 aliphatic rings. The molecule has 0 unspecified atom stereocenters. The van der Waals surface area contributed by atoms with Crippen molar-refractivity contribution in [3.63, 3.8) is 0 Å². The summed E-state index contributed by atoms with van der Waals surface area (Å²) in [6.45, 7) is 5.94. The van der Waals surface area contributed by atoms with Crippen molar-refractivity contribution in [1.82, 2.24) is 10.2 Å². The average Bonchev–Trinajstić information content (AvgIpc) is 3.24. The Bertz CT molecular complexity index is 1070. The summed E-state index contributed by atoms with van der Waals surface area (Å²) in [5.74, 6) is 0.461. The molecule has 1 aromatic carbocycles. The van der Waals surface area contributed by atoms with Gasteiger partial charge in [-0.2, -0.15) is 5.10 Å². The molecule has 1 amide bonds. The lowest BCUT2D eigenvalue weighted by atomic mass is 10.1. The van der Waals surface area contributed by atoms with Gasteiger partial charge in [0.05, 0.1) is 17.5 Å². The maximum absolute atomic E-state index is 12.7. The molecule has 0 radical (unpaired) electrons. The fourth-order valence-corrected chi connectivity index (χ4v) is 7.44. The minimum Gasteiger partial charge on any atom is -0.312 e. The van der Waals surface area contributed by atoms with Crippen molar-refractivity contribution >= 4 is 44.2 Å². The summed E-state index contributed by atoms with van der Waals surface area (Å²) in [6.07, 6.45) is 0. The van der Waals surface area contributed by atoms with Gasteiger partial charge in [-0.25, -0.2) is 8.42 Å². The lowest BCUT2D eigenvalue weighted by Gasteiger charge is -2.24. The second-order valence-electron chi connectivity index (χ2n) is 7.63. The van der Waals surface area contributed by atoms with Crippen LogP contribution in [0, 0.1) is 20.8 Å². The molecule has 3 heterocycles. The molecule has 2 atom stereocenters. The molecule has 154 valence electrons. The van der Waals surface area contributed by atoms with Gasteiger partial charge in [-0.3, -0.25) is 14.9 Å². The number of aryl methyl sites for hydroxylation is 3. The molecule has 1 fully saturated rings. The summed E-state index contributed by atoms with van der Waals surface area (Å²) in [5.41, 5.74) is 3.89. The van der Waals surface area contributed by atoms with Gasteiger partial charge >= 0.3 is 0 Å². The first-order valence-corrected chi connectivity index (χ1v) is 12.0. The molecule has 8 nitrogen and oxygen atoms in total. The largest absolute Gasteiger partial charge is 0.312 e. The summed E-state index contributed by atoms with van der Waals surface area (Å²) in [7, 11) is -3.03. The minimum atomic E-state index is -3.03. The molecule has 2 N–H and O–H groups in total. The number of nitrogens with one attached hydrogen (secondary N) is 2. The van der Waals surface area contributed by atoms with Crippen LogP contribution in [0.25, 0.3) is 0 Å². The number of hydrogen-bond acceptors (Lipinski definition) is 7. The molecule has 1 aromatic heterocycles. The third-order valence-electron chi connectivity index (χ3n) is 4.83. The van der Waals surface area contributed by atoms with E-state index in [4.69, 9.17) is 0 Å². The molecule has 0 saturated carbocycles. The predicted octanol–water partition coefficient (Wildman–Crippen LogP) is 2.05. The first-order valence-electron chi connectivity index (χ1n) is 9.31. The number of benzene rings is 1. The number of aromatic amines is 1. The molecule has 1 saturated heterocycles. The average molecular weight is 434 g/mol. The number of H-pyrrole nitrogens is 1. The minimum absolute atomic E-state index is 0.0623. The van der Waals surface area contributed by atoms with Crippen LogP contribution in [0.2, 0.25) is 0 Å². The highest BCUT2D eigenvalue weighted by atomic mass is 32.2. The summed E-state index contributed by atoms with van der Waals surface area (Å²) in [6, 6.07) is 7.60. The van der Waals surface area contributed by atoms with Gasteiger partial charge in [0.15, 0.2) is 20.8 Å². The van der Waals surface area contributed by atoms with Gasteiger partial charge in [0.2, 0.25) is 5.91 Å². The smallest absolute Gasteiger partial charge is 0.245 e. The monoisotopic (exact) mass is 433 g/mol. The van der Waals surface area contributed by atoms with Crippen LogP contribution >= 0.6 is 11.8 Å². The third-order valence-corrected chi connectivity index (χ3v) is 8.08. The quantitative estimate of drug-likeness (QED) is 0.764. The number of carbonyl (C=O) groups is 1. The third kappa shape index (κ3) is 4.48. The van der Waals surface area contributed by atoms with E-state index in [9.17, 15) is 13.2 Å². The maximum atomic E-state index is 12.7. The highest BCUT2D eigenvalue weighted by Gasteiger charge is 2.44. The van der Waals surface area contributed by atoms with Gasteiger partial charge in [-0.1, -0.05) is 17.8 Å². The number of aromatic nitrogens is 2. The second kappa shape index (κ2) is 7.49. The fourth-order valence-electron chi connectivity index (χ4n) is 3.65. The Labute approximate surface area is 174 Å². The fraction of sp³-hybridized carbons (Fsp3) is 0.421. The molecular weight excluding hydrogens is 410 g/mol. The number of aliphatic imine (C=N–C) groups is 1. The van der Waals surface area contributed by atoms with E-state index in [1.165, 1.54) is 11.8 Å². The standard InChI is InChI=1S/C19H23N5O3S2/c1-11-4-12(2)6-14(5-11)24(8-18(25)21-17-7-13(3)22-23-17)19-20-15-9-29(26,27)10-16(15)28-19/h4-7,15-16H,8-10H2,1-3H3,(H2,21,22,23,25)/t15-,16+/m0/s1. The van der Waals surface area contributed by atoms with Crippen molar-refractivity contribution in [3.05, 3.63) is 41.1 Å². The van der Waals surface area contributed by atoms with E-state index in [0.717, 1.165) is 22.5 Å². The molecule has 29 heavy (non-hydrogen) atoms. The maximum Gasteiger partial charge on any atom is 0.245 e. The van der Waals surface area contributed by atoms with E-state index in [0.29, 0.717) is 11.0 Å².